The molecule has 0 heterocycles. The Labute approximate surface area is 101 Å². The van der Waals surface area contributed by atoms with Gasteiger partial charge in [0.1, 0.15) is 0 Å². The van der Waals surface area contributed by atoms with Crippen molar-refractivity contribution >= 4 is 5.91 Å². The number of nitrogens with zero attached hydrogens (tertiary/aromatic N) is 1. The van der Waals surface area contributed by atoms with Crippen LogP contribution in [0.5, 0.6) is 0 Å². The van der Waals surface area contributed by atoms with Gasteiger partial charge in [-0.3, -0.25) is 4.79 Å². The fourth-order valence-corrected chi connectivity index (χ4v) is 1.49. The van der Waals surface area contributed by atoms with Crippen LogP contribution in [0.25, 0.3) is 0 Å². The number of nitriles is 1. The summed E-state index contributed by atoms with van der Waals surface area (Å²) in [7, 11) is 1.51. The number of rotatable bonds is 6. The Morgan fingerprint density at radius 3 is 2.76 bits per heavy atom. The van der Waals surface area contributed by atoms with Crippen LogP contribution in [0, 0.1) is 11.3 Å². The van der Waals surface area contributed by atoms with E-state index in [1.165, 1.54) is 7.11 Å². The molecule has 1 rings (SSSR count). The highest BCUT2D eigenvalue weighted by atomic mass is 16.5. The van der Waals surface area contributed by atoms with Gasteiger partial charge >= 0.3 is 0 Å². The number of ether oxygens (including phenoxy) is 1. The van der Waals surface area contributed by atoms with Crippen molar-refractivity contribution in [2.45, 2.75) is 18.9 Å². The molecule has 0 aliphatic rings. The van der Waals surface area contributed by atoms with Gasteiger partial charge in [0.25, 0.3) is 5.91 Å². The molecule has 0 saturated heterocycles. The summed E-state index contributed by atoms with van der Waals surface area (Å²) in [5, 5.41) is 11.1. The molecular formula is C13H16N2O2. The van der Waals surface area contributed by atoms with Crippen molar-refractivity contribution < 1.29 is 9.53 Å². The molecule has 90 valence electrons. The molecule has 0 bridgehead atoms. The number of benzene rings is 1. The van der Waals surface area contributed by atoms with Crippen molar-refractivity contribution in [2.24, 2.45) is 0 Å². The van der Waals surface area contributed by atoms with Crippen molar-refractivity contribution in [2.75, 3.05) is 13.7 Å². The number of carbonyl (C=O) groups excluding carboxylic acids is 1. The van der Waals surface area contributed by atoms with Crippen LogP contribution in [0.2, 0.25) is 0 Å². The molecule has 4 nitrogen and oxygen atoms in total. The van der Waals surface area contributed by atoms with Gasteiger partial charge in [-0.15, -0.1) is 0 Å². The van der Waals surface area contributed by atoms with Gasteiger partial charge in [-0.25, -0.2) is 0 Å². The van der Waals surface area contributed by atoms with Gasteiger partial charge < -0.3 is 10.1 Å². The van der Waals surface area contributed by atoms with Crippen molar-refractivity contribution in [3.05, 3.63) is 35.9 Å². The van der Waals surface area contributed by atoms with Gasteiger partial charge in [0.05, 0.1) is 6.07 Å². The van der Waals surface area contributed by atoms with Crippen molar-refractivity contribution in [1.29, 1.82) is 5.26 Å². The van der Waals surface area contributed by atoms with Crippen LogP contribution >= 0.6 is 0 Å². The average molecular weight is 232 g/mol. The summed E-state index contributed by atoms with van der Waals surface area (Å²) >= 11 is 0. The number of hydrogen-bond donors (Lipinski definition) is 1. The van der Waals surface area contributed by atoms with Crippen LogP contribution < -0.4 is 5.32 Å². The first-order chi connectivity index (χ1) is 8.29. The van der Waals surface area contributed by atoms with Gasteiger partial charge in [-0.05, 0) is 12.0 Å². The number of nitrogens with one attached hydrogen (secondary N) is 1. The molecule has 1 amide bonds. The second-order valence-corrected chi connectivity index (χ2v) is 3.58. The number of carbonyl (C=O) groups is 1. The Hall–Kier alpha value is -1.86. The average Bonchev–Trinajstić information content (AvgIpc) is 2.37. The Balaban J connectivity index is 2.51. The zero-order valence-electron chi connectivity index (χ0n) is 9.85. The molecule has 0 aliphatic carbocycles. The second kappa shape index (κ2) is 7.42. The molecule has 17 heavy (non-hydrogen) atoms. The number of unbranched alkanes of at least 4 members (excludes halogenated alkanes) is 1. The Bertz CT molecular complexity index is 384. The first-order valence-corrected chi connectivity index (χ1v) is 5.52. The lowest BCUT2D eigenvalue weighted by Gasteiger charge is -2.15. The van der Waals surface area contributed by atoms with Crippen LogP contribution in [0.4, 0.5) is 0 Å². The smallest absolute Gasteiger partial charge is 0.253 e. The molecule has 1 N–H and O–H groups in total. The lowest BCUT2D eigenvalue weighted by molar-refractivity contribution is -0.131. The third kappa shape index (κ3) is 4.25. The molecule has 4 heteroatoms. The van der Waals surface area contributed by atoms with E-state index in [2.05, 4.69) is 5.32 Å². The summed E-state index contributed by atoms with van der Waals surface area (Å²) in [5.41, 5.74) is 0.827. The number of amides is 1. The van der Waals surface area contributed by atoms with Crippen molar-refractivity contribution in [3.8, 4) is 6.07 Å². The van der Waals surface area contributed by atoms with Crippen LogP contribution in [-0.2, 0) is 9.53 Å². The minimum atomic E-state index is -0.585. The molecule has 0 aliphatic heterocycles. The van der Waals surface area contributed by atoms with Crippen LogP contribution in [0.15, 0.2) is 30.3 Å². The van der Waals surface area contributed by atoms with E-state index in [1.54, 1.807) is 0 Å². The zero-order valence-corrected chi connectivity index (χ0v) is 9.85. The minimum absolute atomic E-state index is 0.170. The van der Waals surface area contributed by atoms with Crippen LogP contribution in [0.3, 0.4) is 0 Å². The third-order valence-corrected chi connectivity index (χ3v) is 2.34. The van der Waals surface area contributed by atoms with Crippen molar-refractivity contribution in [3.63, 3.8) is 0 Å². The molecule has 1 unspecified atom stereocenters. The SMILES string of the molecule is COC(C(=O)NCCCC#N)c1ccccc1. The maximum absolute atomic E-state index is 11.8. The molecule has 1 atom stereocenters. The highest BCUT2D eigenvalue weighted by Crippen LogP contribution is 2.15. The second-order valence-electron chi connectivity index (χ2n) is 3.58. The van der Waals surface area contributed by atoms with E-state index in [0.29, 0.717) is 19.4 Å². The Morgan fingerprint density at radius 1 is 1.47 bits per heavy atom. The summed E-state index contributed by atoms with van der Waals surface area (Å²) in [6, 6.07) is 11.4. The lowest BCUT2D eigenvalue weighted by atomic mass is 10.1. The highest BCUT2D eigenvalue weighted by Gasteiger charge is 2.18. The van der Waals surface area contributed by atoms with Gasteiger partial charge in [-0.1, -0.05) is 30.3 Å². The molecular weight excluding hydrogens is 216 g/mol. The molecule has 0 radical (unpaired) electrons. The van der Waals surface area contributed by atoms with E-state index in [-0.39, 0.29) is 5.91 Å². The third-order valence-electron chi connectivity index (χ3n) is 2.34. The van der Waals surface area contributed by atoms with E-state index in [9.17, 15) is 4.79 Å². The molecule has 1 aromatic carbocycles. The van der Waals surface area contributed by atoms with Crippen molar-refractivity contribution in [1.82, 2.24) is 5.32 Å². The van der Waals surface area contributed by atoms with E-state index in [0.717, 1.165) is 5.56 Å². The van der Waals surface area contributed by atoms with E-state index in [1.807, 2.05) is 36.4 Å². The normalized spacial score (nSPS) is 11.5. The summed E-state index contributed by atoms with van der Waals surface area (Å²) < 4.78 is 5.18. The Morgan fingerprint density at radius 2 is 2.18 bits per heavy atom. The zero-order chi connectivity index (χ0) is 12.5. The van der Waals surface area contributed by atoms with Gasteiger partial charge in [0, 0.05) is 20.1 Å². The standard InChI is InChI=1S/C13H16N2O2/c1-17-12(11-7-3-2-4-8-11)13(16)15-10-6-5-9-14/h2-4,7-8,12H,5-6,10H2,1H3,(H,15,16). The van der Waals surface area contributed by atoms with E-state index >= 15 is 0 Å². The first-order valence-electron chi connectivity index (χ1n) is 5.52. The predicted octanol–water partition coefficient (Wildman–Crippen LogP) is 1.79. The summed E-state index contributed by atoms with van der Waals surface area (Å²) in [6.45, 7) is 0.499. The van der Waals surface area contributed by atoms with E-state index in [4.69, 9.17) is 10.00 Å². The largest absolute Gasteiger partial charge is 0.367 e. The lowest BCUT2D eigenvalue weighted by Crippen LogP contribution is -2.31. The molecule has 0 saturated carbocycles. The van der Waals surface area contributed by atoms with Gasteiger partial charge in [-0.2, -0.15) is 5.26 Å². The maximum atomic E-state index is 11.8. The van der Waals surface area contributed by atoms with Gasteiger partial charge in [0.15, 0.2) is 6.10 Å². The van der Waals surface area contributed by atoms with Crippen LogP contribution in [0.1, 0.15) is 24.5 Å². The molecule has 0 fully saturated rings. The van der Waals surface area contributed by atoms with Gasteiger partial charge in [0.2, 0.25) is 0 Å². The highest BCUT2D eigenvalue weighted by molar-refractivity contribution is 5.82. The summed E-state index contributed by atoms with van der Waals surface area (Å²) in [6.07, 6.45) is 0.523. The maximum Gasteiger partial charge on any atom is 0.253 e. The molecule has 1 aromatic rings. The summed E-state index contributed by atoms with van der Waals surface area (Å²) in [5.74, 6) is -0.170. The first kappa shape index (κ1) is 13.2. The molecule has 0 spiro atoms. The van der Waals surface area contributed by atoms with Crippen LogP contribution in [-0.4, -0.2) is 19.6 Å². The summed E-state index contributed by atoms with van der Waals surface area (Å²) in [4.78, 5) is 11.8. The monoisotopic (exact) mass is 232 g/mol. The van der Waals surface area contributed by atoms with E-state index < -0.39 is 6.10 Å². The predicted molar refractivity (Wildman–Crippen MR) is 64.0 cm³/mol. The molecule has 0 aromatic heterocycles. The minimum Gasteiger partial charge on any atom is -0.367 e. The fourth-order valence-electron chi connectivity index (χ4n) is 1.49. The Kier molecular flexibility index (Phi) is 5.76. The number of hydrogen-bond acceptors (Lipinski definition) is 3. The topological polar surface area (TPSA) is 62.1 Å². The number of methoxy groups -OCH3 is 1. The fraction of sp³-hybridized carbons (Fsp3) is 0.385. The quantitative estimate of drug-likeness (QED) is 0.761.